The molecule has 120 valence electrons. The number of sulfone groups is 1. The van der Waals surface area contributed by atoms with Crippen LogP contribution in [-0.2, 0) is 19.9 Å². The van der Waals surface area contributed by atoms with Gasteiger partial charge in [0, 0.05) is 18.4 Å². The summed E-state index contributed by atoms with van der Waals surface area (Å²) in [4.78, 5) is -0.439. The molecule has 0 saturated heterocycles. The smallest absolute Gasteiger partial charge is 0.242 e. The van der Waals surface area contributed by atoms with E-state index >= 15 is 0 Å². The molecule has 21 heavy (non-hydrogen) atoms. The summed E-state index contributed by atoms with van der Waals surface area (Å²) in [6.07, 6.45) is 1.19. The fraction of sp³-hybridized carbons (Fsp3) is 0.500. The zero-order chi connectivity index (χ0) is 16.5. The van der Waals surface area contributed by atoms with Crippen molar-refractivity contribution in [2.24, 2.45) is 0 Å². The number of rotatable bonds is 6. The van der Waals surface area contributed by atoms with Gasteiger partial charge in [0.2, 0.25) is 10.0 Å². The Hall–Kier alpha value is -0.670. The van der Waals surface area contributed by atoms with Gasteiger partial charge in [-0.2, -0.15) is 0 Å². The van der Waals surface area contributed by atoms with Crippen LogP contribution in [-0.4, -0.2) is 40.3 Å². The zero-order valence-electron chi connectivity index (χ0n) is 11.9. The lowest BCUT2D eigenvalue weighted by atomic mass is 10.0. The highest BCUT2D eigenvalue weighted by atomic mass is 35.5. The van der Waals surface area contributed by atoms with Crippen molar-refractivity contribution in [2.45, 2.75) is 35.6 Å². The molecule has 2 N–H and O–H groups in total. The van der Waals surface area contributed by atoms with Crippen LogP contribution in [0.1, 0.15) is 20.3 Å². The van der Waals surface area contributed by atoms with Gasteiger partial charge in [-0.1, -0.05) is 11.6 Å². The van der Waals surface area contributed by atoms with Crippen molar-refractivity contribution in [2.75, 3.05) is 12.9 Å². The number of nitrogens with one attached hydrogen (secondary N) is 1. The summed E-state index contributed by atoms with van der Waals surface area (Å²) in [6, 6.07) is 3.50. The SMILES string of the molecule is CC(C)(CCO)NS(=O)(=O)c1cc(S(C)(=O)=O)ccc1Cl. The minimum Gasteiger partial charge on any atom is -0.396 e. The van der Waals surface area contributed by atoms with Crippen LogP contribution in [0.5, 0.6) is 0 Å². The maximum Gasteiger partial charge on any atom is 0.242 e. The van der Waals surface area contributed by atoms with Gasteiger partial charge in [0.1, 0.15) is 4.90 Å². The standard InChI is InChI=1S/C12H18ClNO5S2/c1-12(2,6-7-15)14-21(18,19)11-8-9(20(3,16)17)4-5-10(11)13/h4-5,8,14-15H,6-7H2,1-3H3. The summed E-state index contributed by atoms with van der Waals surface area (Å²) in [5.41, 5.74) is -0.891. The molecule has 0 fully saturated rings. The van der Waals surface area contributed by atoms with Crippen molar-refractivity contribution < 1.29 is 21.9 Å². The Balaban J connectivity index is 3.32. The average molecular weight is 356 g/mol. The number of halogens is 1. The highest BCUT2D eigenvalue weighted by molar-refractivity contribution is 7.91. The fourth-order valence-corrected chi connectivity index (χ4v) is 4.36. The monoisotopic (exact) mass is 355 g/mol. The minimum atomic E-state index is -4.01. The molecule has 0 atom stereocenters. The van der Waals surface area contributed by atoms with Gasteiger partial charge < -0.3 is 5.11 Å². The molecule has 0 aliphatic heterocycles. The first-order chi connectivity index (χ1) is 9.39. The number of benzene rings is 1. The maximum absolute atomic E-state index is 12.4. The van der Waals surface area contributed by atoms with E-state index in [4.69, 9.17) is 16.7 Å². The first-order valence-electron chi connectivity index (χ1n) is 6.03. The van der Waals surface area contributed by atoms with E-state index < -0.39 is 25.4 Å². The van der Waals surface area contributed by atoms with Gasteiger partial charge in [-0.05, 0) is 38.5 Å². The van der Waals surface area contributed by atoms with Gasteiger partial charge in [0.05, 0.1) is 9.92 Å². The summed E-state index contributed by atoms with van der Waals surface area (Å²) >= 11 is 5.87. The molecular formula is C12H18ClNO5S2. The first kappa shape index (κ1) is 18.4. The molecule has 0 aliphatic rings. The van der Waals surface area contributed by atoms with Crippen LogP contribution in [0.2, 0.25) is 5.02 Å². The van der Waals surface area contributed by atoms with E-state index in [1.54, 1.807) is 13.8 Å². The highest BCUT2D eigenvalue weighted by Crippen LogP contribution is 2.26. The maximum atomic E-state index is 12.4. The van der Waals surface area contributed by atoms with E-state index in [2.05, 4.69) is 4.72 Å². The Bertz CT molecular complexity index is 726. The third kappa shape index (κ3) is 4.93. The lowest BCUT2D eigenvalue weighted by Crippen LogP contribution is -2.44. The van der Waals surface area contributed by atoms with Gasteiger partial charge in [0.15, 0.2) is 9.84 Å². The van der Waals surface area contributed by atoms with E-state index in [9.17, 15) is 16.8 Å². The van der Waals surface area contributed by atoms with Crippen molar-refractivity contribution in [1.82, 2.24) is 4.72 Å². The van der Waals surface area contributed by atoms with Crippen molar-refractivity contribution in [3.8, 4) is 0 Å². The Morgan fingerprint density at radius 3 is 2.29 bits per heavy atom. The van der Waals surface area contributed by atoms with Crippen molar-refractivity contribution in [3.63, 3.8) is 0 Å². The molecule has 0 aromatic heterocycles. The Labute approximate surface area is 130 Å². The number of aliphatic hydroxyl groups is 1. The Kier molecular flexibility index (Phi) is 5.44. The topological polar surface area (TPSA) is 101 Å². The molecule has 0 aliphatic carbocycles. The molecule has 0 heterocycles. The number of aliphatic hydroxyl groups excluding tert-OH is 1. The molecule has 0 spiro atoms. The van der Waals surface area contributed by atoms with Gasteiger partial charge in [-0.25, -0.2) is 21.6 Å². The van der Waals surface area contributed by atoms with Gasteiger partial charge in [-0.3, -0.25) is 0 Å². The van der Waals surface area contributed by atoms with Crippen LogP contribution in [0.4, 0.5) is 0 Å². The molecule has 0 saturated carbocycles. The largest absolute Gasteiger partial charge is 0.396 e. The van der Waals surface area contributed by atoms with Crippen LogP contribution in [0, 0.1) is 0 Å². The predicted molar refractivity (Wildman–Crippen MR) is 80.7 cm³/mol. The molecule has 1 aromatic rings. The molecule has 0 amide bonds. The van der Waals surface area contributed by atoms with E-state index in [0.29, 0.717) is 0 Å². The predicted octanol–water partition coefficient (Wildman–Crippen LogP) is 1.18. The van der Waals surface area contributed by atoms with Crippen molar-refractivity contribution in [1.29, 1.82) is 0 Å². The molecule has 1 rings (SSSR count). The second kappa shape index (κ2) is 6.21. The summed E-state index contributed by atoms with van der Waals surface area (Å²) < 4.78 is 50.1. The zero-order valence-corrected chi connectivity index (χ0v) is 14.3. The first-order valence-corrected chi connectivity index (χ1v) is 9.79. The second-order valence-electron chi connectivity index (χ2n) is 5.33. The molecule has 6 nitrogen and oxygen atoms in total. The van der Waals surface area contributed by atoms with Crippen LogP contribution >= 0.6 is 11.6 Å². The molecular weight excluding hydrogens is 338 g/mol. The third-order valence-electron chi connectivity index (χ3n) is 2.77. The van der Waals surface area contributed by atoms with Crippen molar-refractivity contribution in [3.05, 3.63) is 23.2 Å². The number of hydrogen-bond acceptors (Lipinski definition) is 5. The molecule has 0 unspecified atom stereocenters. The number of hydrogen-bond donors (Lipinski definition) is 2. The summed E-state index contributed by atoms with van der Waals surface area (Å²) in [5, 5.41) is 8.86. The van der Waals surface area contributed by atoms with Crippen molar-refractivity contribution >= 4 is 31.5 Å². The molecule has 1 aromatic carbocycles. The second-order valence-corrected chi connectivity index (χ2v) is 9.40. The highest BCUT2D eigenvalue weighted by Gasteiger charge is 2.28. The summed E-state index contributed by atoms with van der Waals surface area (Å²) in [5.74, 6) is 0. The van der Waals surface area contributed by atoms with E-state index in [1.165, 1.54) is 12.1 Å². The van der Waals surface area contributed by atoms with E-state index in [-0.39, 0.29) is 27.8 Å². The quantitative estimate of drug-likeness (QED) is 0.798. The molecule has 0 radical (unpaired) electrons. The Morgan fingerprint density at radius 1 is 1.24 bits per heavy atom. The van der Waals surface area contributed by atoms with Crippen LogP contribution in [0.3, 0.4) is 0 Å². The number of sulfonamides is 1. The van der Waals surface area contributed by atoms with Gasteiger partial charge in [-0.15, -0.1) is 0 Å². The van der Waals surface area contributed by atoms with E-state index in [1.807, 2.05) is 0 Å². The van der Waals surface area contributed by atoms with E-state index in [0.717, 1.165) is 12.3 Å². The third-order valence-corrected chi connectivity index (χ3v) is 6.06. The summed E-state index contributed by atoms with van der Waals surface area (Å²) in [6.45, 7) is 3.02. The fourth-order valence-electron chi connectivity index (χ4n) is 1.67. The lowest BCUT2D eigenvalue weighted by Gasteiger charge is -2.25. The lowest BCUT2D eigenvalue weighted by molar-refractivity contribution is 0.246. The van der Waals surface area contributed by atoms with Crippen LogP contribution in [0.15, 0.2) is 28.0 Å². The normalized spacial score (nSPS) is 13.4. The average Bonchev–Trinajstić information content (AvgIpc) is 2.25. The Morgan fingerprint density at radius 2 is 1.81 bits per heavy atom. The van der Waals surface area contributed by atoms with Crippen LogP contribution in [0.25, 0.3) is 0 Å². The van der Waals surface area contributed by atoms with Crippen LogP contribution < -0.4 is 4.72 Å². The minimum absolute atomic E-state index is 0.0744. The van der Waals surface area contributed by atoms with Gasteiger partial charge in [0.25, 0.3) is 0 Å². The molecule has 9 heteroatoms. The van der Waals surface area contributed by atoms with Gasteiger partial charge >= 0.3 is 0 Å². The molecule has 0 bridgehead atoms. The summed E-state index contributed by atoms with van der Waals surface area (Å²) in [7, 11) is -7.56.